The lowest BCUT2D eigenvalue weighted by atomic mass is 10.2. The Morgan fingerprint density at radius 3 is 2.81 bits per heavy atom. The summed E-state index contributed by atoms with van der Waals surface area (Å²) in [5.41, 5.74) is 8.37. The largest absolute Gasteiger partial charge is 0.329 e. The van der Waals surface area contributed by atoms with Crippen molar-refractivity contribution in [3.63, 3.8) is 0 Å². The highest BCUT2D eigenvalue weighted by Gasteiger charge is 2.08. The molecule has 0 fully saturated rings. The van der Waals surface area contributed by atoms with E-state index in [1.807, 2.05) is 10.7 Å². The summed E-state index contributed by atoms with van der Waals surface area (Å²) in [5.74, 6) is 0. The summed E-state index contributed by atoms with van der Waals surface area (Å²) in [5, 5.41) is 4.48. The predicted molar refractivity (Wildman–Crippen MR) is 61.7 cm³/mol. The van der Waals surface area contributed by atoms with Gasteiger partial charge in [0.1, 0.15) is 11.4 Å². The first-order chi connectivity index (χ1) is 7.85. The molecule has 0 atom stereocenters. The Balaban J connectivity index is 2.36. The molecule has 2 heterocycles. The number of nitrogens with zero attached hydrogens (tertiary/aromatic N) is 4. The molecule has 0 saturated carbocycles. The number of aryl methyl sites for hydroxylation is 1. The Labute approximate surface area is 94.3 Å². The minimum Gasteiger partial charge on any atom is -0.329 e. The fraction of sp³-hybridized carbons (Fsp3) is 0.364. The van der Waals surface area contributed by atoms with Crippen LogP contribution in [0.15, 0.2) is 24.7 Å². The van der Waals surface area contributed by atoms with E-state index in [9.17, 15) is 0 Å². The third kappa shape index (κ3) is 2.09. The maximum atomic E-state index is 5.54. The van der Waals surface area contributed by atoms with Crippen molar-refractivity contribution in [3.05, 3.63) is 30.4 Å². The Bertz CT molecular complexity index is 449. The predicted octanol–water partition coefficient (Wildman–Crippen LogP) is 0.861. The maximum absolute atomic E-state index is 5.54. The molecular weight excluding hydrogens is 202 g/mol. The molecule has 2 rings (SSSR count). The normalized spacial score (nSPS) is 10.6. The molecule has 2 aromatic rings. The van der Waals surface area contributed by atoms with Gasteiger partial charge in [-0.1, -0.05) is 6.92 Å². The van der Waals surface area contributed by atoms with Gasteiger partial charge in [-0.3, -0.25) is 14.6 Å². The van der Waals surface area contributed by atoms with E-state index in [2.05, 4.69) is 22.0 Å². The zero-order valence-electron chi connectivity index (χ0n) is 9.30. The van der Waals surface area contributed by atoms with E-state index in [4.69, 9.17) is 5.73 Å². The molecule has 5 heteroatoms. The molecular formula is C11H15N5. The maximum Gasteiger partial charge on any atom is 0.113 e. The lowest BCUT2D eigenvalue weighted by molar-refractivity contribution is 0.598. The first kappa shape index (κ1) is 10.8. The average molecular weight is 217 g/mol. The van der Waals surface area contributed by atoms with Gasteiger partial charge in [0, 0.05) is 24.6 Å². The van der Waals surface area contributed by atoms with Gasteiger partial charge < -0.3 is 5.73 Å². The van der Waals surface area contributed by atoms with Gasteiger partial charge in [0.25, 0.3) is 0 Å². The number of hydrogen-bond donors (Lipinski definition) is 1. The third-order valence-corrected chi connectivity index (χ3v) is 2.39. The second-order valence-corrected chi connectivity index (χ2v) is 3.48. The first-order valence-electron chi connectivity index (χ1n) is 5.38. The summed E-state index contributed by atoms with van der Waals surface area (Å²) >= 11 is 0. The molecule has 0 unspecified atom stereocenters. The standard InChI is InChI=1S/C11H15N5/c1-2-9-7-10(15-16(9)6-3-12)11-8-13-4-5-14-11/h4-5,7-8H,2-3,6,12H2,1H3. The van der Waals surface area contributed by atoms with Crippen molar-refractivity contribution >= 4 is 0 Å². The average Bonchev–Trinajstić information content (AvgIpc) is 2.74. The monoisotopic (exact) mass is 217 g/mol. The van der Waals surface area contributed by atoms with Crippen molar-refractivity contribution in [3.8, 4) is 11.4 Å². The van der Waals surface area contributed by atoms with Crippen LogP contribution in [0.2, 0.25) is 0 Å². The molecule has 5 nitrogen and oxygen atoms in total. The van der Waals surface area contributed by atoms with Gasteiger partial charge in [0.05, 0.1) is 12.7 Å². The second kappa shape index (κ2) is 4.85. The van der Waals surface area contributed by atoms with Crippen LogP contribution >= 0.6 is 0 Å². The van der Waals surface area contributed by atoms with Crippen LogP contribution in [0.5, 0.6) is 0 Å². The number of rotatable bonds is 4. The van der Waals surface area contributed by atoms with E-state index >= 15 is 0 Å². The molecule has 0 aliphatic carbocycles. The van der Waals surface area contributed by atoms with Gasteiger partial charge >= 0.3 is 0 Å². The SMILES string of the molecule is CCc1cc(-c2cnccn2)nn1CCN. The zero-order valence-corrected chi connectivity index (χ0v) is 9.30. The van der Waals surface area contributed by atoms with Crippen molar-refractivity contribution in [1.82, 2.24) is 19.7 Å². The van der Waals surface area contributed by atoms with Crippen molar-refractivity contribution in [2.75, 3.05) is 6.54 Å². The van der Waals surface area contributed by atoms with Gasteiger partial charge in [-0.05, 0) is 12.5 Å². The number of aromatic nitrogens is 4. The smallest absolute Gasteiger partial charge is 0.113 e. The van der Waals surface area contributed by atoms with Crippen molar-refractivity contribution in [1.29, 1.82) is 0 Å². The van der Waals surface area contributed by atoms with Crippen molar-refractivity contribution in [2.24, 2.45) is 5.73 Å². The fourth-order valence-corrected chi connectivity index (χ4v) is 1.61. The van der Waals surface area contributed by atoms with E-state index in [0.29, 0.717) is 6.54 Å². The number of nitrogens with two attached hydrogens (primary N) is 1. The highest BCUT2D eigenvalue weighted by Crippen LogP contribution is 2.15. The molecule has 84 valence electrons. The second-order valence-electron chi connectivity index (χ2n) is 3.48. The Morgan fingerprint density at radius 1 is 1.31 bits per heavy atom. The van der Waals surface area contributed by atoms with Gasteiger partial charge in [-0.15, -0.1) is 0 Å². The fourth-order valence-electron chi connectivity index (χ4n) is 1.61. The third-order valence-electron chi connectivity index (χ3n) is 2.39. The van der Waals surface area contributed by atoms with E-state index < -0.39 is 0 Å². The number of hydrogen-bond acceptors (Lipinski definition) is 4. The van der Waals surface area contributed by atoms with Gasteiger partial charge in [-0.25, -0.2) is 0 Å². The van der Waals surface area contributed by atoms with E-state index in [0.717, 1.165) is 24.4 Å². The summed E-state index contributed by atoms with van der Waals surface area (Å²) in [6.45, 7) is 3.43. The summed E-state index contributed by atoms with van der Waals surface area (Å²) in [7, 11) is 0. The van der Waals surface area contributed by atoms with Crippen LogP contribution < -0.4 is 5.73 Å². The summed E-state index contributed by atoms with van der Waals surface area (Å²) < 4.78 is 1.93. The van der Waals surface area contributed by atoms with Crippen LogP contribution in [0, 0.1) is 0 Å². The van der Waals surface area contributed by atoms with Crippen LogP contribution in [-0.4, -0.2) is 26.3 Å². The molecule has 2 aromatic heterocycles. The zero-order chi connectivity index (χ0) is 11.4. The van der Waals surface area contributed by atoms with E-state index in [-0.39, 0.29) is 0 Å². The molecule has 0 bridgehead atoms. The van der Waals surface area contributed by atoms with Crippen LogP contribution in [0.25, 0.3) is 11.4 Å². The molecule has 0 spiro atoms. The summed E-state index contributed by atoms with van der Waals surface area (Å²) in [4.78, 5) is 8.26. The van der Waals surface area contributed by atoms with Crippen molar-refractivity contribution in [2.45, 2.75) is 19.9 Å². The quantitative estimate of drug-likeness (QED) is 0.824. The lowest BCUT2D eigenvalue weighted by Gasteiger charge is -2.01. The molecule has 2 N–H and O–H groups in total. The first-order valence-corrected chi connectivity index (χ1v) is 5.38. The van der Waals surface area contributed by atoms with E-state index in [1.54, 1.807) is 18.6 Å². The highest BCUT2D eigenvalue weighted by molar-refractivity contribution is 5.52. The molecule has 0 aliphatic heterocycles. The van der Waals surface area contributed by atoms with Crippen LogP contribution in [-0.2, 0) is 13.0 Å². The molecule has 16 heavy (non-hydrogen) atoms. The van der Waals surface area contributed by atoms with Crippen LogP contribution in [0.1, 0.15) is 12.6 Å². The molecule has 0 aromatic carbocycles. The molecule has 0 amide bonds. The highest BCUT2D eigenvalue weighted by atomic mass is 15.3. The molecule has 0 radical (unpaired) electrons. The van der Waals surface area contributed by atoms with Gasteiger partial charge in [0.2, 0.25) is 0 Å². The van der Waals surface area contributed by atoms with Gasteiger partial charge in [0.15, 0.2) is 0 Å². The Hall–Kier alpha value is -1.75. The van der Waals surface area contributed by atoms with Crippen LogP contribution in [0.3, 0.4) is 0 Å². The Kier molecular flexibility index (Phi) is 3.26. The van der Waals surface area contributed by atoms with Crippen LogP contribution in [0.4, 0.5) is 0 Å². The summed E-state index contributed by atoms with van der Waals surface area (Å²) in [6.07, 6.45) is 5.98. The van der Waals surface area contributed by atoms with E-state index in [1.165, 1.54) is 5.69 Å². The van der Waals surface area contributed by atoms with Crippen molar-refractivity contribution < 1.29 is 0 Å². The minimum absolute atomic E-state index is 0.592. The molecule has 0 aliphatic rings. The summed E-state index contributed by atoms with van der Waals surface area (Å²) in [6, 6.07) is 2.04. The Morgan fingerprint density at radius 2 is 2.19 bits per heavy atom. The molecule has 0 saturated heterocycles. The van der Waals surface area contributed by atoms with Gasteiger partial charge in [-0.2, -0.15) is 5.10 Å². The lowest BCUT2D eigenvalue weighted by Crippen LogP contribution is -2.13. The minimum atomic E-state index is 0.592. The topological polar surface area (TPSA) is 69.6 Å².